The highest BCUT2D eigenvalue weighted by Crippen LogP contribution is 2.24. The maximum atomic E-state index is 14.7. The Balaban J connectivity index is 1.91. The molecule has 11 heteroatoms. The van der Waals surface area contributed by atoms with Gasteiger partial charge in [0.1, 0.15) is 17.0 Å². The number of pyridine rings is 1. The Bertz CT molecular complexity index is 1150. The van der Waals surface area contributed by atoms with E-state index in [1.807, 2.05) is 4.72 Å². The fraction of sp³-hybridized carbons (Fsp3) is 0.176. The lowest BCUT2D eigenvalue weighted by atomic mass is 10.1. The average molecular weight is 409 g/mol. The molecular formula is C17H17F2N5O3S. The first-order valence-corrected chi connectivity index (χ1v) is 9.63. The highest BCUT2D eigenvalue weighted by molar-refractivity contribution is 7.90. The molecule has 28 heavy (non-hydrogen) atoms. The van der Waals surface area contributed by atoms with Gasteiger partial charge in [0.15, 0.2) is 5.82 Å². The second-order valence-corrected chi connectivity index (χ2v) is 7.68. The molecule has 0 radical (unpaired) electrons. The minimum atomic E-state index is -4.04. The van der Waals surface area contributed by atoms with Crippen molar-refractivity contribution in [3.63, 3.8) is 0 Å². The quantitative estimate of drug-likeness (QED) is 0.582. The Morgan fingerprint density at radius 1 is 1.29 bits per heavy atom. The summed E-state index contributed by atoms with van der Waals surface area (Å²) in [6, 6.07) is 5.03. The van der Waals surface area contributed by atoms with Crippen LogP contribution in [-0.2, 0) is 10.2 Å². The molecule has 0 unspecified atom stereocenters. The predicted molar refractivity (Wildman–Crippen MR) is 101 cm³/mol. The fourth-order valence-electron chi connectivity index (χ4n) is 2.43. The second kappa shape index (κ2) is 7.52. The summed E-state index contributed by atoms with van der Waals surface area (Å²) in [7, 11) is -2.75. The number of anilines is 2. The Kier molecular flexibility index (Phi) is 5.29. The predicted octanol–water partition coefficient (Wildman–Crippen LogP) is 2.70. The Morgan fingerprint density at radius 3 is 2.75 bits per heavy atom. The van der Waals surface area contributed by atoms with E-state index in [1.165, 1.54) is 13.2 Å². The fourth-order valence-corrected chi connectivity index (χ4v) is 3.36. The number of hydrogen-bond acceptors (Lipinski definition) is 4. The summed E-state index contributed by atoms with van der Waals surface area (Å²) in [5.74, 6) is -3.52. The van der Waals surface area contributed by atoms with Gasteiger partial charge in [0.25, 0.3) is 5.91 Å². The van der Waals surface area contributed by atoms with Gasteiger partial charge in [-0.05, 0) is 24.3 Å². The van der Waals surface area contributed by atoms with Gasteiger partial charge in [0, 0.05) is 25.2 Å². The van der Waals surface area contributed by atoms with Crippen molar-refractivity contribution >= 4 is 38.5 Å². The van der Waals surface area contributed by atoms with E-state index in [0.29, 0.717) is 11.0 Å². The van der Waals surface area contributed by atoms with Crippen LogP contribution in [0.25, 0.3) is 11.0 Å². The lowest BCUT2D eigenvalue weighted by Gasteiger charge is -2.17. The van der Waals surface area contributed by atoms with Crippen LogP contribution in [-0.4, -0.2) is 42.2 Å². The number of carbonyl (C=O) groups excluding carboxylic acids is 1. The topological polar surface area (TPSA) is 107 Å². The van der Waals surface area contributed by atoms with Crippen molar-refractivity contribution < 1.29 is 22.0 Å². The van der Waals surface area contributed by atoms with E-state index in [4.69, 9.17) is 0 Å². The van der Waals surface area contributed by atoms with E-state index in [2.05, 4.69) is 15.3 Å². The third kappa shape index (κ3) is 3.80. The normalized spacial score (nSPS) is 11.8. The van der Waals surface area contributed by atoms with Gasteiger partial charge in [-0.15, -0.1) is 0 Å². The summed E-state index contributed by atoms with van der Waals surface area (Å²) >= 11 is 0. The lowest BCUT2D eigenvalue weighted by molar-refractivity contribution is 0.101. The van der Waals surface area contributed by atoms with Crippen molar-refractivity contribution in [2.45, 2.75) is 6.92 Å². The van der Waals surface area contributed by atoms with E-state index < -0.39 is 39.0 Å². The smallest absolute Gasteiger partial charge is 0.301 e. The number of amides is 1. The molecule has 0 atom stereocenters. The van der Waals surface area contributed by atoms with Gasteiger partial charge in [0.05, 0.1) is 17.6 Å². The molecule has 148 valence electrons. The first-order chi connectivity index (χ1) is 13.2. The average Bonchev–Trinajstić information content (AvgIpc) is 3.11. The largest absolute Gasteiger partial charge is 0.346 e. The highest BCUT2D eigenvalue weighted by Gasteiger charge is 2.24. The van der Waals surface area contributed by atoms with Crippen LogP contribution in [0.15, 0.2) is 36.7 Å². The third-order valence-corrected chi connectivity index (χ3v) is 5.63. The molecular weight excluding hydrogens is 392 g/mol. The van der Waals surface area contributed by atoms with Gasteiger partial charge in [-0.1, -0.05) is 6.92 Å². The Hall–Kier alpha value is -3.05. The van der Waals surface area contributed by atoms with Crippen molar-refractivity contribution in [2.75, 3.05) is 23.6 Å². The number of carbonyl (C=O) groups is 1. The number of halogens is 2. The van der Waals surface area contributed by atoms with Crippen molar-refractivity contribution in [3.05, 3.63) is 53.9 Å². The van der Waals surface area contributed by atoms with Gasteiger partial charge in [0.2, 0.25) is 0 Å². The van der Waals surface area contributed by atoms with Crippen molar-refractivity contribution in [2.24, 2.45) is 0 Å². The number of rotatable bonds is 6. The zero-order chi connectivity index (χ0) is 20.5. The molecule has 1 aromatic carbocycles. The number of nitrogens with zero attached hydrogens (tertiary/aromatic N) is 2. The number of H-pyrrole nitrogens is 1. The Morgan fingerprint density at radius 2 is 2.04 bits per heavy atom. The van der Waals surface area contributed by atoms with Crippen LogP contribution in [0.4, 0.5) is 20.2 Å². The molecule has 0 saturated heterocycles. The molecule has 0 saturated carbocycles. The second-order valence-electron chi connectivity index (χ2n) is 5.90. The molecule has 2 heterocycles. The Labute approximate surface area is 159 Å². The number of aromatic nitrogens is 2. The van der Waals surface area contributed by atoms with Crippen LogP contribution < -0.4 is 10.0 Å². The highest BCUT2D eigenvalue weighted by atomic mass is 32.2. The van der Waals surface area contributed by atoms with E-state index in [0.717, 1.165) is 16.4 Å². The number of aromatic amines is 1. The van der Waals surface area contributed by atoms with Gasteiger partial charge < -0.3 is 10.3 Å². The van der Waals surface area contributed by atoms with Crippen LogP contribution in [0.1, 0.15) is 17.3 Å². The molecule has 0 aliphatic heterocycles. The molecule has 3 aromatic rings. The monoisotopic (exact) mass is 409 g/mol. The lowest BCUT2D eigenvalue weighted by Crippen LogP contribution is -2.32. The first-order valence-electron chi connectivity index (χ1n) is 8.19. The number of fused-ring (bicyclic) bond motifs is 1. The molecule has 3 N–H and O–H groups in total. The van der Waals surface area contributed by atoms with Crippen molar-refractivity contribution in [3.8, 4) is 0 Å². The maximum Gasteiger partial charge on any atom is 0.301 e. The molecule has 0 fully saturated rings. The van der Waals surface area contributed by atoms with Crippen LogP contribution in [0.2, 0.25) is 0 Å². The number of benzene rings is 1. The van der Waals surface area contributed by atoms with Gasteiger partial charge >= 0.3 is 10.2 Å². The SMILES string of the molecule is CCN(C)S(=O)(=O)Nc1ccc(F)c(C(=O)Nc2cnc3[nH]ccc3c2)c1F. The molecule has 2 aromatic heterocycles. The van der Waals surface area contributed by atoms with Crippen molar-refractivity contribution in [1.29, 1.82) is 0 Å². The molecule has 0 aliphatic rings. The molecule has 8 nitrogen and oxygen atoms in total. The third-order valence-electron chi connectivity index (χ3n) is 4.07. The van der Waals surface area contributed by atoms with Crippen LogP contribution in [0.3, 0.4) is 0 Å². The summed E-state index contributed by atoms with van der Waals surface area (Å²) < 4.78 is 56.0. The summed E-state index contributed by atoms with van der Waals surface area (Å²) in [5.41, 5.74) is -0.626. The van der Waals surface area contributed by atoms with E-state index in [-0.39, 0.29) is 12.2 Å². The minimum Gasteiger partial charge on any atom is -0.346 e. The van der Waals surface area contributed by atoms with Gasteiger partial charge in [-0.3, -0.25) is 9.52 Å². The summed E-state index contributed by atoms with van der Waals surface area (Å²) in [6.45, 7) is 1.73. The van der Waals surface area contributed by atoms with Crippen molar-refractivity contribution in [1.82, 2.24) is 14.3 Å². The summed E-state index contributed by atoms with van der Waals surface area (Å²) in [4.78, 5) is 19.4. The van der Waals surface area contributed by atoms with Crippen LogP contribution >= 0.6 is 0 Å². The molecule has 0 spiro atoms. The van der Waals surface area contributed by atoms with Crippen LogP contribution in [0.5, 0.6) is 0 Å². The molecule has 3 rings (SSSR count). The number of nitrogens with one attached hydrogen (secondary N) is 3. The van der Waals surface area contributed by atoms with Gasteiger partial charge in [-0.2, -0.15) is 12.7 Å². The standard InChI is InChI=1S/C17H17F2N5O3S/c1-3-24(2)28(26,27)23-13-5-4-12(18)14(15(13)19)17(25)22-11-8-10-6-7-20-16(10)21-9-11/h4-9,23H,3H2,1-2H3,(H,20,21)(H,22,25). The summed E-state index contributed by atoms with van der Waals surface area (Å²) in [6.07, 6.45) is 2.99. The zero-order valence-electron chi connectivity index (χ0n) is 15.0. The molecule has 1 amide bonds. The minimum absolute atomic E-state index is 0.139. The number of hydrogen-bond donors (Lipinski definition) is 3. The molecule has 0 aliphatic carbocycles. The van der Waals surface area contributed by atoms with E-state index in [9.17, 15) is 22.0 Å². The van der Waals surface area contributed by atoms with Gasteiger partial charge in [-0.25, -0.2) is 13.8 Å². The van der Waals surface area contributed by atoms with E-state index in [1.54, 1.807) is 25.3 Å². The first kappa shape index (κ1) is 19.7. The molecule has 0 bridgehead atoms. The maximum absolute atomic E-state index is 14.7. The zero-order valence-corrected chi connectivity index (χ0v) is 15.8. The summed E-state index contributed by atoms with van der Waals surface area (Å²) in [5, 5.41) is 3.06. The van der Waals surface area contributed by atoms with E-state index >= 15 is 0 Å². The van der Waals surface area contributed by atoms with Crippen LogP contribution in [0, 0.1) is 11.6 Å².